The Balaban J connectivity index is 0.00000338. The zero-order valence-corrected chi connectivity index (χ0v) is 19.4. The Kier molecular flexibility index (Phi) is 9.05. The van der Waals surface area contributed by atoms with Crippen LogP contribution in [0, 0.1) is 6.92 Å². The highest BCUT2D eigenvalue weighted by Crippen LogP contribution is 2.17. The third-order valence-corrected chi connectivity index (χ3v) is 5.97. The van der Waals surface area contributed by atoms with E-state index in [1.165, 1.54) is 11.8 Å². The number of nitrogens with one attached hydrogen (secondary N) is 2. The largest absolute Gasteiger partial charge is 0.356 e. The molecular formula is C18H26IN3O2S2. The van der Waals surface area contributed by atoms with Crippen LogP contribution in [0.4, 0.5) is 0 Å². The number of thiophene rings is 1. The molecule has 1 aromatic heterocycles. The van der Waals surface area contributed by atoms with Crippen LogP contribution >= 0.6 is 35.3 Å². The van der Waals surface area contributed by atoms with E-state index in [1.54, 1.807) is 24.5 Å². The predicted octanol–water partition coefficient (Wildman–Crippen LogP) is 3.55. The molecule has 1 heterocycles. The first kappa shape index (κ1) is 22.9. The molecule has 0 saturated heterocycles. The first-order valence-corrected chi connectivity index (χ1v) is 10.9. The van der Waals surface area contributed by atoms with E-state index < -0.39 is 9.84 Å². The van der Waals surface area contributed by atoms with Crippen molar-refractivity contribution in [1.82, 2.24) is 10.6 Å². The van der Waals surface area contributed by atoms with E-state index in [-0.39, 0.29) is 24.0 Å². The average Bonchev–Trinajstić information content (AvgIpc) is 3.08. The summed E-state index contributed by atoms with van der Waals surface area (Å²) in [6, 6.07) is 7.53. The molecule has 1 unspecified atom stereocenters. The highest BCUT2D eigenvalue weighted by atomic mass is 127. The summed E-state index contributed by atoms with van der Waals surface area (Å²) >= 11 is 1.70. The summed E-state index contributed by atoms with van der Waals surface area (Å²) in [5.41, 5.74) is 3.09. The second-order valence-electron chi connectivity index (χ2n) is 6.14. The number of aliphatic imine (C=N–C) groups is 1. The molecule has 0 fully saturated rings. The van der Waals surface area contributed by atoms with Crippen molar-refractivity contribution < 1.29 is 8.42 Å². The fourth-order valence-electron chi connectivity index (χ4n) is 2.57. The second kappa shape index (κ2) is 10.3. The summed E-state index contributed by atoms with van der Waals surface area (Å²) in [6.45, 7) is 5.37. The number of benzene rings is 1. The monoisotopic (exact) mass is 507 g/mol. The van der Waals surface area contributed by atoms with Crippen LogP contribution in [-0.2, 0) is 16.4 Å². The van der Waals surface area contributed by atoms with Crippen LogP contribution in [0.3, 0.4) is 0 Å². The number of rotatable bonds is 6. The maximum absolute atomic E-state index is 11.7. The quantitative estimate of drug-likeness (QED) is 0.357. The first-order chi connectivity index (χ1) is 11.8. The van der Waals surface area contributed by atoms with Crippen molar-refractivity contribution in [3.8, 4) is 0 Å². The van der Waals surface area contributed by atoms with Gasteiger partial charge in [-0.05, 0) is 52.4 Å². The van der Waals surface area contributed by atoms with E-state index in [9.17, 15) is 8.42 Å². The minimum absolute atomic E-state index is 0. The minimum Gasteiger partial charge on any atom is -0.356 e. The van der Waals surface area contributed by atoms with Crippen molar-refractivity contribution in [2.45, 2.75) is 31.2 Å². The third kappa shape index (κ3) is 6.55. The van der Waals surface area contributed by atoms with Crippen LogP contribution in [0.25, 0.3) is 0 Å². The number of hydrogen-bond acceptors (Lipinski definition) is 4. The maximum Gasteiger partial charge on any atom is 0.191 e. The zero-order chi connectivity index (χ0) is 18.4. The van der Waals surface area contributed by atoms with Gasteiger partial charge in [-0.2, -0.15) is 11.3 Å². The van der Waals surface area contributed by atoms with Gasteiger partial charge in [-0.1, -0.05) is 19.1 Å². The molecule has 0 aliphatic carbocycles. The van der Waals surface area contributed by atoms with Crippen LogP contribution in [0.5, 0.6) is 0 Å². The molecule has 0 spiro atoms. The lowest BCUT2D eigenvalue weighted by atomic mass is 10.1. The Labute approximate surface area is 177 Å². The fourth-order valence-corrected chi connectivity index (χ4v) is 4.31. The topological polar surface area (TPSA) is 70.6 Å². The number of sulfone groups is 1. The lowest BCUT2D eigenvalue weighted by Gasteiger charge is -2.16. The summed E-state index contributed by atoms with van der Waals surface area (Å²) in [4.78, 5) is 4.61. The summed E-state index contributed by atoms with van der Waals surface area (Å²) in [5.74, 6) is 1.13. The van der Waals surface area contributed by atoms with E-state index >= 15 is 0 Å². The molecule has 0 bridgehead atoms. The molecule has 2 N–H and O–H groups in total. The normalized spacial score (nSPS) is 13.0. The Bertz CT molecular complexity index is 834. The zero-order valence-electron chi connectivity index (χ0n) is 15.4. The molecule has 5 nitrogen and oxygen atoms in total. The van der Waals surface area contributed by atoms with Crippen molar-refractivity contribution in [3.63, 3.8) is 0 Å². The van der Waals surface area contributed by atoms with Crippen LogP contribution < -0.4 is 10.6 Å². The van der Waals surface area contributed by atoms with E-state index in [0.717, 1.165) is 23.6 Å². The van der Waals surface area contributed by atoms with Gasteiger partial charge in [0.05, 0.1) is 4.90 Å². The fraction of sp³-hybridized carbons (Fsp3) is 0.389. The molecule has 0 saturated carbocycles. The molecule has 144 valence electrons. The van der Waals surface area contributed by atoms with Crippen LogP contribution in [-0.4, -0.2) is 34.2 Å². The van der Waals surface area contributed by atoms with Crippen LogP contribution in [0.2, 0.25) is 0 Å². The van der Waals surface area contributed by atoms with Crippen molar-refractivity contribution in [3.05, 3.63) is 51.7 Å². The van der Waals surface area contributed by atoms with Crippen molar-refractivity contribution in [2.24, 2.45) is 4.99 Å². The third-order valence-electron chi connectivity index (χ3n) is 4.01. The number of aryl methyl sites for hydroxylation is 1. The van der Waals surface area contributed by atoms with Gasteiger partial charge in [0.2, 0.25) is 0 Å². The van der Waals surface area contributed by atoms with Crippen molar-refractivity contribution in [2.75, 3.05) is 19.8 Å². The Hall–Kier alpha value is -1.13. The van der Waals surface area contributed by atoms with Gasteiger partial charge in [0.15, 0.2) is 15.8 Å². The maximum atomic E-state index is 11.7. The molecule has 0 aliphatic heterocycles. The lowest BCUT2D eigenvalue weighted by molar-refractivity contribution is 0.601. The Morgan fingerprint density at radius 3 is 2.54 bits per heavy atom. The molecule has 1 aromatic carbocycles. The average molecular weight is 507 g/mol. The van der Waals surface area contributed by atoms with Gasteiger partial charge in [0.1, 0.15) is 0 Å². The summed E-state index contributed by atoms with van der Waals surface area (Å²) in [5, 5.41) is 10.8. The molecule has 0 amide bonds. The molecule has 2 aromatic rings. The smallest absolute Gasteiger partial charge is 0.191 e. The summed E-state index contributed by atoms with van der Waals surface area (Å²) in [7, 11) is -1.44. The molecule has 0 radical (unpaired) electrons. The first-order valence-electron chi connectivity index (χ1n) is 8.07. The van der Waals surface area contributed by atoms with Gasteiger partial charge < -0.3 is 10.6 Å². The highest BCUT2D eigenvalue weighted by molar-refractivity contribution is 14.0. The van der Waals surface area contributed by atoms with Crippen molar-refractivity contribution in [1.29, 1.82) is 0 Å². The lowest BCUT2D eigenvalue weighted by Crippen LogP contribution is -2.38. The SMILES string of the molecule is CN=C(NCc1ccc(S(C)(=O)=O)c(C)c1)NCC(C)c1ccsc1.I. The van der Waals surface area contributed by atoms with Gasteiger partial charge in [-0.15, -0.1) is 24.0 Å². The Morgan fingerprint density at radius 2 is 2.00 bits per heavy atom. The van der Waals surface area contributed by atoms with E-state index in [0.29, 0.717) is 17.4 Å². The second-order valence-corrected chi connectivity index (χ2v) is 8.90. The Morgan fingerprint density at radius 1 is 1.27 bits per heavy atom. The van der Waals surface area contributed by atoms with Crippen LogP contribution in [0.1, 0.15) is 29.5 Å². The minimum atomic E-state index is -3.18. The summed E-state index contributed by atoms with van der Waals surface area (Å²) in [6.07, 6.45) is 1.23. The van der Waals surface area contributed by atoms with Gasteiger partial charge in [0.25, 0.3) is 0 Å². The van der Waals surface area contributed by atoms with Gasteiger partial charge in [0, 0.05) is 26.4 Å². The number of guanidine groups is 1. The summed E-state index contributed by atoms with van der Waals surface area (Å²) < 4.78 is 23.4. The predicted molar refractivity (Wildman–Crippen MR) is 121 cm³/mol. The molecule has 8 heteroatoms. The number of halogens is 1. The van der Waals surface area contributed by atoms with Gasteiger partial charge >= 0.3 is 0 Å². The molecule has 26 heavy (non-hydrogen) atoms. The van der Waals surface area contributed by atoms with E-state index in [4.69, 9.17) is 0 Å². The van der Waals surface area contributed by atoms with Crippen LogP contribution in [0.15, 0.2) is 44.9 Å². The van der Waals surface area contributed by atoms with Gasteiger partial charge in [-0.3, -0.25) is 4.99 Å². The molecule has 1 atom stereocenters. The molecular weight excluding hydrogens is 481 g/mol. The molecule has 0 aliphatic rings. The molecule has 2 rings (SSSR count). The van der Waals surface area contributed by atoms with Crippen molar-refractivity contribution >= 4 is 51.1 Å². The highest BCUT2D eigenvalue weighted by Gasteiger charge is 2.11. The van der Waals surface area contributed by atoms with Gasteiger partial charge in [-0.25, -0.2) is 8.42 Å². The number of hydrogen-bond donors (Lipinski definition) is 2. The van der Waals surface area contributed by atoms with E-state index in [2.05, 4.69) is 39.4 Å². The number of nitrogens with zero attached hydrogens (tertiary/aromatic N) is 1. The standard InChI is InChI=1S/C18H25N3O2S2.HI/c1-13-9-15(5-6-17(13)25(4,22)23)11-21-18(19-3)20-10-14(2)16-7-8-24-12-16;/h5-9,12,14H,10-11H2,1-4H3,(H2,19,20,21);1H. The van der Waals surface area contributed by atoms with E-state index in [1.807, 2.05) is 19.1 Å².